The lowest BCUT2D eigenvalue weighted by atomic mass is 9.87. The maximum Gasteiger partial charge on any atom is 0.224 e. The van der Waals surface area contributed by atoms with Crippen LogP contribution in [0, 0.1) is 5.92 Å². The molecule has 4 rings (SSSR count). The Labute approximate surface area is 161 Å². The van der Waals surface area contributed by atoms with Gasteiger partial charge in [0.25, 0.3) is 0 Å². The standard InChI is InChI=1S/C18H21Cl2N3O3/c19-13-1-2-14(24)16(17(13)20)10-4-12-3-9(5-15(25)23(12)8-10)18(26)22-11-6-21-7-11/h1-2,9-12,21,24H,3-8H2,(H,22,26)/t9?,10-,12+/m0/s1. The zero-order valence-electron chi connectivity index (χ0n) is 14.2. The van der Waals surface area contributed by atoms with E-state index in [2.05, 4.69) is 10.6 Å². The van der Waals surface area contributed by atoms with Crippen LogP contribution in [0.1, 0.15) is 30.7 Å². The predicted molar refractivity (Wildman–Crippen MR) is 98.5 cm³/mol. The number of hydrogen-bond donors (Lipinski definition) is 3. The number of aromatic hydroxyl groups is 1. The molecule has 3 atom stereocenters. The second kappa shape index (κ2) is 6.91. The number of carbonyl (C=O) groups excluding carboxylic acids is 2. The molecule has 3 N–H and O–H groups in total. The Bertz CT molecular complexity index is 753. The molecule has 0 aromatic heterocycles. The van der Waals surface area contributed by atoms with Crippen LogP contribution in [-0.4, -0.2) is 53.5 Å². The number of piperidine rings is 1. The molecule has 0 bridgehead atoms. The van der Waals surface area contributed by atoms with Crippen molar-refractivity contribution < 1.29 is 14.7 Å². The fourth-order valence-electron chi connectivity index (χ4n) is 4.25. The van der Waals surface area contributed by atoms with Crippen LogP contribution in [0.3, 0.4) is 0 Å². The number of hydrogen-bond acceptors (Lipinski definition) is 4. The molecule has 6 nitrogen and oxygen atoms in total. The summed E-state index contributed by atoms with van der Waals surface area (Å²) in [6.07, 6.45) is 1.56. The molecule has 2 amide bonds. The number of halogens is 2. The first-order chi connectivity index (χ1) is 12.4. The zero-order chi connectivity index (χ0) is 18.4. The van der Waals surface area contributed by atoms with Crippen LogP contribution in [0.4, 0.5) is 0 Å². The minimum Gasteiger partial charge on any atom is -0.508 e. The van der Waals surface area contributed by atoms with Crippen LogP contribution in [0.2, 0.25) is 10.0 Å². The third-order valence-electron chi connectivity index (χ3n) is 5.73. The number of phenols is 1. The molecule has 3 aliphatic heterocycles. The molecular weight excluding hydrogens is 377 g/mol. The van der Waals surface area contributed by atoms with Crippen LogP contribution in [-0.2, 0) is 9.59 Å². The number of carbonyl (C=O) groups is 2. The van der Waals surface area contributed by atoms with Crippen molar-refractivity contribution in [1.29, 1.82) is 0 Å². The summed E-state index contributed by atoms with van der Waals surface area (Å²) in [7, 11) is 0. The molecule has 0 spiro atoms. The van der Waals surface area contributed by atoms with E-state index in [0.29, 0.717) is 35.0 Å². The van der Waals surface area contributed by atoms with Crippen LogP contribution >= 0.6 is 23.2 Å². The third kappa shape index (κ3) is 3.15. The zero-order valence-corrected chi connectivity index (χ0v) is 15.7. The lowest BCUT2D eigenvalue weighted by molar-refractivity contribution is -0.142. The van der Waals surface area contributed by atoms with Crippen molar-refractivity contribution in [3.8, 4) is 5.75 Å². The molecular formula is C18H21Cl2N3O3. The Morgan fingerprint density at radius 2 is 2.04 bits per heavy atom. The van der Waals surface area contributed by atoms with Gasteiger partial charge in [0, 0.05) is 49.5 Å². The van der Waals surface area contributed by atoms with Crippen molar-refractivity contribution in [1.82, 2.24) is 15.5 Å². The summed E-state index contributed by atoms with van der Waals surface area (Å²) in [6.45, 7) is 2.07. The van der Waals surface area contributed by atoms with Crippen molar-refractivity contribution in [3.63, 3.8) is 0 Å². The van der Waals surface area contributed by atoms with Crippen LogP contribution in [0.25, 0.3) is 0 Å². The largest absolute Gasteiger partial charge is 0.508 e. The van der Waals surface area contributed by atoms with E-state index in [1.807, 2.05) is 4.90 Å². The first kappa shape index (κ1) is 17.9. The molecule has 0 radical (unpaired) electrons. The van der Waals surface area contributed by atoms with Gasteiger partial charge in [-0.25, -0.2) is 0 Å². The van der Waals surface area contributed by atoms with Crippen LogP contribution < -0.4 is 10.6 Å². The normalized spacial score (nSPS) is 28.6. The summed E-state index contributed by atoms with van der Waals surface area (Å²) >= 11 is 12.4. The van der Waals surface area contributed by atoms with E-state index < -0.39 is 0 Å². The highest BCUT2D eigenvalue weighted by Gasteiger charge is 2.44. The van der Waals surface area contributed by atoms with E-state index in [9.17, 15) is 14.7 Å². The molecule has 3 saturated heterocycles. The Balaban J connectivity index is 1.49. The van der Waals surface area contributed by atoms with Gasteiger partial charge < -0.3 is 20.6 Å². The Morgan fingerprint density at radius 1 is 1.27 bits per heavy atom. The second-order valence-electron chi connectivity index (χ2n) is 7.43. The van der Waals surface area contributed by atoms with Crippen molar-refractivity contribution in [2.75, 3.05) is 19.6 Å². The molecule has 0 saturated carbocycles. The van der Waals surface area contributed by atoms with E-state index in [1.165, 1.54) is 6.07 Å². The molecule has 0 aliphatic carbocycles. The molecule has 8 heteroatoms. The minimum absolute atomic E-state index is 0.00623. The highest BCUT2D eigenvalue weighted by molar-refractivity contribution is 6.42. The SMILES string of the molecule is O=C(NC1CNC1)C1CC(=O)N2C[C@@H](c3c(O)ccc(Cl)c3Cl)C[C@H]2C1. The number of nitrogens with zero attached hydrogens (tertiary/aromatic N) is 1. The maximum absolute atomic E-state index is 12.6. The summed E-state index contributed by atoms with van der Waals surface area (Å²) in [6, 6.07) is 3.26. The quantitative estimate of drug-likeness (QED) is 0.727. The van der Waals surface area contributed by atoms with Gasteiger partial charge in [-0.05, 0) is 25.0 Å². The van der Waals surface area contributed by atoms with Crippen molar-refractivity contribution >= 4 is 35.0 Å². The first-order valence-corrected chi connectivity index (χ1v) is 9.67. The summed E-state index contributed by atoms with van der Waals surface area (Å²) in [5, 5.41) is 17.1. The monoisotopic (exact) mass is 397 g/mol. The smallest absolute Gasteiger partial charge is 0.224 e. The van der Waals surface area contributed by atoms with Gasteiger partial charge in [0.15, 0.2) is 0 Å². The molecule has 3 heterocycles. The molecule has 3 fully saturated rings. The van der Waals surface area contributed by atoms with Crippen LogP contribution in [0.5, 0.6) is 5.75 Å². The van der Waals surface area contributed by atoms with Gasteiger partial charge in [0.05, 0.1) is 16.1 Å². The summed E-state index contributed by atoms with van der Waals surface area (Å²) in [5.74, 6) is -0.298. The Kier molecular flexibility index (Phi) is 4.75. The minimum atomic E-state index is -0.286. The molecule has 1 aromatic rings. The van der Waals surface area contributed by atoms with Gasteiger partial charge in [-0.15, -0.1) is 0 Å². The summed E-state index contributed by atoms with van der Waals surface area (Å²) in [5.41, 5.74) is 0.600. The number of nitrogens with one attached hydrogen (secondary N) is 2. The van der Waals surface area contributed by atoms with Gasteiger partial charge in [0.1, 0.15) is 5.75 Å². The highest BCUT2D eigenvalue weighted by Crippen LogP contribution is 2.45. The van der Waals surface area contributed by atoms with Gasteiger partial charge in [-0.3, -0.25) is 9.59 Å². The molecule has 3 aliphatic rings. The van der Waals surface area contributed by atoms with E-state index >= 15 is 0 Å². The fourth-order valence-corrected chi connectivity index (χ4v) is 4.73. The number of rotatable bonds is 3. The fraction of sp³-hybridized carbons (Fsp3) is 0.556. The van der Waals surface area contributed by atoms with Gasteiger partial charge in [-0.2, -0.15) is 0 Å². The molecule has 140 valence electrons. The lowest BCUT2D eigenvalue weighted by Crippen LogP contribution is -2.58. The number of phenolic OH excluding ortho intramolecular Hbond substituents is 1. The maximum atomic E-state index is 12.6. The van der Waals surface area contributed by atoms with Crippen LogP contribution in [0.15, 0.2) is 12.1 Å². The molecule has 26 heavy (non-hydrogen) atoms. The molecule has 1 aromatic carbocycles. The van der Waals surface area contributed by atoms with Crippen molar-refractivity contribution in [3.05, 3.63) is 27.7 Å². The average molecular weight is 398 g/mol. The van der Waals surface area contributed by atoms with Crippen molar-refractivity contribution in [2.24, 2.45) is 5.92 Å². The van der Waals surface area contributed by atoms with E-state index in [-0.39, 0.29) is 47.9 Å². The second-order valence-corrected chi connectivity index (χ2v) is 8.21. The first-order valence-electron chi connectivity index (χ1n) is 8.91. The lowest BCUT2D eigenvalue weighted by Gasteiger charge is -2.35. The summed E-state index contributed by atoms with van der Waals surface area (Å²) < 4.78 is 0. The van der Waals surface area contributed by atoms with E-state index in [1.54, 1.807) is 6.07 Å². The number of amides is 2. The van der Waals surface area contributed by atoms with E-state index in [4.69, 9.17) is 23.2 Å². The topological polar surface area (TPSA) is 81.7 Å². The molecule has 1 unspecified atom stereocenters. The average Bonchev–Trinajstić information content (AvgIpc) is 2.99. The van der Waals surface area contributed by atoms with E-state index in [0.717, 1.165) is 13.1 Å². The number of benzene rings is 1. The predicted octanol–water partition coefficient (Wildman–Crippen LogP) is 1.88. The van der Waals surface area contributed by atoms with Gasteiger partial charge in [-0.1, -0.05) is 23.2 Å². The Hall–Kier alpha value is -1.50. The van der Waals surface area contributed by atoms with Gasteiger partial charge in [0.2, 0.25) is 11.8 Å². The third-order valence-corrected chi connectivity index (χ3v) is 6.55. The van der Waals surface area contributed by atoms with Crippen molar-refractivity contribution in [2.45, 2.75) is 37.3 Å². The Morgan fingerprint density at radius 3 is 2.73 bits per heavy atom. The summed E-state index contributed by atoms with van der Waals surface area (Å²) in [4.78, 5) is 26.9. The van der Waals surface area contributed by atoms with Gasteiger partial charge >= 0.3 is 0 Å². The highest BCUT2D eigenvalue weighted by atomic mass is 35.5. The number of fused-ring (bicyclic) bond motifs is 1.